The number of nitrogens with zero attached hydrogens (tertiary/aromatic N) is 2. The molecule has 2 aromatic rings. The van der Waals surface area contributed by atoms with Crippen LogP contribution in [-0.2, 0) is 22.4 Å². The second-order valence-electron chi connectivity index (χ2n) is 9.87. The van der Waals surface area contributed by atoms with Crippen molar-refractivity contribution in [3.05, 3.63) is 59.7 Å². The van der Waals surface area contributed by atoms with Gasteiger partial charge in [-0.3, -0.25) is 9.59 Å². The summed E-state index contributed by atoms with van der Waals surface area (Å²) in [6.45, 7) is 2.02. The van der Waals surface area contributed by atoms with E-state index in [9.17, 15) is 14.4 Å². The number of benzene rings is 2. The molecule has 35 heavy (non-hydrogen) atoms. The molecular formula is C27H32N4O4. The molecule has 3 heterocycles. The summed E-state index contributed by atoms with van der Waals surface area (Å²) in [5, 5.41) is 3.17. The minimum absolute atomic E-state index is 0.0333. The quantitative estimate of drug-likeness (QED) is 0.660. The van der Waals surface area contributed by atoms with Gasteiger partial charge in [-0.15, -0.1) is 0 Å². The highest BCUT2D eigenvalue weighted by molar-refractivity contribution is 5.88. The van der Waals surface area contributed by atoms with Crippen LogP contribution in [0.5, 0.6) is 11.5 Å². The number of urea groups is 1. The molecule has 0 saturated carbocycles. The van der Waals surface area contributed by atoms with Crippen LogP contribution in [-0.4, -0.2) is 59.9 Å². The maximum Gasteiger partial charge on any atom is 0.315 e. The van der Waals surface area contributed by atoms with E-state index < -0.39 is 17.5 Å². The van der Waals surface area contributed by atoms with Gasteiger partial charge in [0.05, 0.1) is 5.41 Å². The maximum atomic E-state index is 13.6. The number of carbonyl (C=O) groups is 3. The van der Waals surface area contributed by atoms with Gasteiger partial charge >= 0.3 is 6.03 Å². The fourth-order valence-electron chi connectivity index (χ4n) is 5.66. The molecule has 3 N–H and O–H groups in total. The highest BCUT2D eigenvalue weighted by atomic mass is 16.5. The Morgan fingerprint density at radius 1 is 1.00 bits per heavy atom. The van der Waals surface area contributed by atoms with Gasteiger partial charge in [-0.2, -0.15) is 0 Å². The number of piperidine rings is 1. The van der Waals surface area contributed by atoms with Crippen molar-refractivity contribution < 1.29 is 19.1 Å². The summed E-state index contributed by atoms with van der Waals surface area (Å²) >= 11 is 0. The zero-order valence-electron chi connectivity index (χ0n) is 19.9. The fourth-order valence-corrected chi connectivity index (χ4v) is 5.66. The number of amides is 4. The molecule has 5 rings (SSSR count). The Labute approximate surface area is 205 Å². The molecule has 0 aromatic heterocycles. The molecule has 184 valence electrons. The van der Waals surface area contributed by atoms with Crippen LogP contribution in [0.2, 0.25) is 0 Å². The molecule has 4 amide bonds. The molecular weight excluding hydrogens is 444 g/mol. The Bertz CT molecular complexity index is 1130. The lowest BCUT2D eigenvalue weighted by Crippen LogP contribution is -2.55. The first kappa shape index (κ1) is 23.2. The number of nitrogens with two attached hydrogens (primary N) is 1. The van der Waals surface area contributed by atoms with Crippen molar-refractivity contribution in [2.45, 2.75) is 44.6 Å². The largest absolute Gasteiger partial charge is 0.457 e. The SMILES string of the molecule is NC(=O)N1CCC[C@H]1C(=O)N1CCC2(CC1)Cc1cccc(c1)Oc1cccc(c1)CCNC2=O. The van der Waals surface area contributed by atoms with Gasteiger partial charge in [0.1, 0.15) is 17.5 Å². The predicted octanol–water partition coefficient (Wildman–Crippen LogP) is 2.85. The monoisotopic (exact) mass is 476 g/mol. The maximum absolute atomic E-state index is 13.6. The third-order valence-corrected chi connectivity index (χ3v) is 7.61. The summed E-state index contributed by atoms with van der Waals surface area (Å²) in [6, 6.07) is 14.8. The lowest BCUT2D eigenvalue weighted by molar-refractivity contribution is -0.142. The Balaban J connectivity index is 1.36. The molecule has 2 fully saturated rings. The van der Waals surface area contributed by atoms with Crippen molar-refractivity contribution in [2.75, 3.05) is 26.2 Å². The highest BCUT2D eigenvalue weighted by Crippen LogP contribution is 2.37. The lowest BCUT2D eigenvalue weighted by atomic mass is 9.72. The van der Waals surface area contributed by atoms with E-state index >= 15 is 0 Å². The molecule has 0 aliphatic carbocycles. The van der Waals surface area contributed by atoms with Crippen molar-refractivity contribution in [3.8, 4) is 11.5 Å². The second-order valence-corrected chi connectivity index (χ2v) is 9.87. The topological polar surface area (TPSA) is 105 Å². The highest BCUT2D eigenvalue weighted by Gasteiger charge is 2.44. The smallest absolute Gasteiger partial charge is 0.315 e. The zero-order valence-corrected chi connectivity index (χ0v) is 19.9. The summed E-state index contributed by atoms with van der Waals surface area (Å²) in [4.78, 5) is 41.8. The van der Waals surface area contributed by atoms with Crippen molar-refractivity contribution in [2.24, 2.45) is 11.1 Å². The third kappa shape index (κ3) is 4.83. The van der Waals surface area contributed by atoms with Crippen LogP contribution in [0.15, 0.2) is 48.5 Å². The van der Waals surface area contributed by atoms with Crippen LogP contribution in [0.1, 0.15) is 36.8 Å². The molecule has 2 saturated heterocycles. The van der Waals surface area contributed by atoms with Crippen molar-refractivity contribution in [1.29, 1.82) is 0 Å². The summed E-state index contributed by atoms with van der Waals surface area (Å²) in [7, 11) is 0. The van der Waals surface area contributed by atoms with Gasteiger partial charge < -0.3 is 25.6 Å². The van der Waals surface area contributed by atoms with Crippen molar-refractivity contribution in [1.82, 2.24) is 15.1 Å². The molecule has 3 aliphatic heterocycles. The summed E-state index contributed by atoms with van der Waals surface area (Å²) in [5.74, 6) is 1.50. The Morgan fingerprint density at radius 2 is 1.69 bits per heavy atom. The Morgan fingerprint density at radius 3 is 2.40 bits per heavy atom. The number of primary amides is 1. The van der Waals surface area contributed by atoms with E-state index in [4.69, 9.17) is 10.5 Å². The van der Waals surface area contributed by atoms with Gasteiger partial charge in [-0.25, -0.2) is 4.79 Å². The van der Waals surface area contributed by atoms with Crippen molar-refractivity contribution >= 4 is 17.8 Å². The van der Waals surface area contributed by atoms with Crippen LogP contribution in [0.4, 0.5) is 4.79 Å². The van der Waals surface area contributed by atoms with E-state index in [1.54, 1.807) is 4.90 Å². The number of carbonyl (C=O) groups excluding carboxylic acids is 3. The van der Waals surface area contributed by atoms with E-state index in [1.807, 2.05) is 48.5 Å². The number of hydrogen-bond donors (Lipinski definition) is 2. The average Bonchev–Trinajstić information content (AvgIpc) is 3.35. The average molecular weight is 477 g/mol. The number of fused-ring (bicyclic) bond motifs is 4. The lowest BCUT2D eigenvalue weighted by Gasteiger charge is -2.42. The third-order valence-electron chi connectivity index (χ3n) is 7.61. The van der Waals surface area contributed by atoms with Crippen LogP contribution >= 0.6 is 0 Å². The van der Waals surface area contributed by atoms with Gasteiger partial charge in [-0.05, 0) is 73.9 Å². The molecule has 8 heteroatoms. The second kappa shape index (κ2) is 9.60. The van der Waals surface area contributed by atoms with Gasteiger partial charge in [0.2, 0.25) is 11.8 Å². The number of rotatable bonds is 1. The van der Waals surface area contributed by atoms with Gasteiger partial charge in [-0.1, -0.05) is 24.3 Å². The molecule has 0 radical (unpaired) electrons. The number of likely N-dealkylation sites (tertiary alicyclic amines) is 2. The summed E-state index contributed by atoms with van der Waals surface area (Å²) < 4.78 is 6.11. The standard InChI is InChI=1S/C27H32N4O4/c28-26(34)31-13-3-8-23(31)24(32)30-14-10-27(11-15-30)18-20-5-2-7-22(17-20)35-21-6-1-4-19(16-21)9-12-29-25(27)33/h1-2,4-7,16-17,23H,3,8-15,18H2,(H2,28,34)(H,29,33)/t23-/m0/s1. The van der Waals surface area contributed by atoms with Gasteiger partial charge in [0.15, 0.2) is 0 Å². The first-order chi connectivity index (χ1) is 16.9. The molecule has 3 aliphatic rings. The number of nitrogens with one attached hydrogen (secondary N) is 1. The minimum atomic E-state index is -0.610. The summed E-state index contributed by atoms with van der Waals surface area (Å²) in [6.07, 6.45) is 3.83. The Hall–Kier alpha value is -3.55. The van der Waals surface area contributed by atoms with E-state index in [0.29, 0.717) is 58.3 Å². The zero-order chi connectivity index (χ0) is 24.4. The van der Waals surface area contributed by atoms with Crippen LogP contribution in [0, 0.1) is 5.41 Å². The molecule has 2 aromatic carbocycles. The van der Waals surface area contributed by atoms with Crippen molar-refractivity contribution in [3.63, 3.8) is 0 Å². The first-order valence-electron chi connectivity index (χ1n) is 12.4. The number of ether oxygens (including phenoxy) is 1. The molecule has 8 nitrogen and oxygen atoms in total. The fraction of sp³-hybridized carbons (Fsp3) is 0.444. The van der Waals surface area contributed by atoms with Crippen LogP contribution in [0.25, 0.3) is 0 Å². The van der Waals surface area contributed by atoms with E-state index in [1.165, 1.54) is 4.90 Å². The van der Waals surface area contributed by atoms with E-state index in [-0.39, 0.29) is 11.8 Å². The summed E-state index contributed by atoms with van der Waals surface area (Å²) in [5.41, 5.74) is 7.01. The van der Waals surface area contributed by atoms with Crippen LogP contribution in [0.3, 0.4) is 0 Å². The predicted molar refractivity (Wildman–Crippen MR) is 131 cm³/mol. The van der Waals surface area contributed by atoms with Gasteiger partial charge in [0, 0.05) is 26.2 Å². The molecule has 1 spiro atoms. The molecule has 4 bridgehead atoms. The minimum Gasteiger partial charge on any atom is -0.457 e. The normalized spacial score (nSPS) is 21.8. The number of hydrogen-bond acceptors (Lipinski definition) is 4. The first-order valence-corrected chi connectivity index (χ1v) is 12.4. The Kier molecular flexibility index (Phi) is 6.36. The van der Waals surface area contributed by atoms with E-state index in [0.717, 1.165) is 29.0 Å². The molecule has 1 atom stereocenters. The van der Waals surface area contributed by atoms with E-state index in [2.05, 4.69) is 5.32 Å². The molecule has 0 unspecified atom stereocenters. The van der Waals surface area contributed by atoms with Gasteiger partial charge in [0.25, 0.3) is 0 Å². The van der Waals surface area contributed by atoms with Crippen LogP contribution < -0.4 is 15.8 Å².